The summed E-state index contributed by atoms with van der Waals surface area (Å²) in [6, 6.07) is 4.42. The van der Waals surface area contributed by atoms with Crippen LogP contribution in [-0.2, 0) is 11.3 Å². The molecule has 0 atom stereocenters. The van der Waals surface area contributed by atoms with Gasteiger partial charge in [-0.25, -0.2) is 9.79 Å². The molecule has 0 saturated carbocycles. The first kappa shape index (κ1) is 25.7. The van der Waals surface area contributed by atoms with Crippen molar-refractivity contribution < 1.29 is 27.8 Å². The highest BCUT2D eigenvalue weighted by molar-refractivity contribution is 14.0. The molecule has 0 aromatic heterocycles. The van der Waals surface area contributed by atoms with Gasteiger partial charge in [0.05, 0.1) is 19.7 Å². The molecule has 9 nitrogen and oxygen atoms in total. The fraction of sp³-hybridized carbons (Fsp3) is 0.500. The molecule has 12 heteroatoms. The van der Waals surface area contributed by atoms with Crippen molar-refractivity contribution in [3.63, 3.8) is 0 Å². The number of guanidine groups is 1. The van der Waals surface area contributed by atoms with Crippen molar-refractivity contribution in [2.24, 2.45) is 4.99 Å². The van der Waals surface area contributed by atoms with E-state index in [1.807, 2.05) is 6.92 Å². The molecule has 1 aromatic rings. The first-order chi connectivity index (χ1) is 14.0. The molecule has 1 aromatic carbocycles. The molecule has 1 fully saturated rings. The number of carbonyl (C=O) groups is 2. The van der Waals surface area contributed by atoms with Crippen LogP contribution >= 0.6 is 24.0 Å². The summed E-state index contributed by atoms with van der Waals surface area (Å²) in [6.07, 6.45) is 0. The number of halogens is 3. The molecular formula is C18H26F2IN5O4. The molecule has 0 aliphatic carbocycles. The summed E-state index contributed by atoms with van der Waals surface area (Å²) in [7, 11) is 0. The van der Waals surface area contributed by atoms with Crippen molar-refractivity contribution in [1.82, 2.24) is 20.9 Å². The van der Waals surface area contributed by atoms with Crippen molar-refractivity contribution >= 4 is 41.9 Å². The van der Waals surface area contributed by atoms with Crippen LogP contribution in [0.4, 0.5) is 13.6 Å². The zero-order valence-electron chi connectivity index (χ0n) is 16.7. The Labute approximate surface area is 190 Å². The number of para-hydroxylation sites is 1. The van der Waals surface area contributed by atoms with Crippen LogP contribution in [0.5, 0.6) is 11.5 Å². The number of urea groups is 1. The van der Waals surface area contributed by atoms with E-state index in [0.29, 0.717) is 24.7 Å². The lowest BCUT2D eigenvalue weighted by Gasteiger charge is -2.16. The fourth-order valence-electron chi connectivity index (χ4n) is 2.65. The minimum Gasteiger partial charge on any atom is -0.490 e. The Kier molecular flexibility index (Phi) is 11.1. The van der Waals surface area contributed by atoms with E-state index in [1.165, 1.54) is 0 Å². The van der Waals surface area contributed by atoms with Gasteiger partial charge < -0.3 is 25.4 Å². The highest BCUT2D eigenvalue weighted by Gasteiger charge is 2.27. The summed E-state index contributed by atoms with van der Waals surface area (Å²) in [5.41, 5.74) is 0.433. The van der Waals surface area contributed by atoms with Gasteiger partial charge in [0.1, 0.15) is 0 Å². The van der Waals surface area contributed by atoms with E-state index in [-0.39, 0.29) is 67.6 Å². The Bertz CT molecular complexity index is 735. The molecule has 1 aliphatic heterocycles. The predicted molar refractivity (Wildman–Crippen MR) is 118 cm³/mol. The van der Waals surface area contributed by atoms with Gasteiger partial charge in [0.15, 0.2) is 17.5 Å². The Morgan fingerprint density at radius 2 is 2.07 bits per heavy atom. The SMILES string of the molecule is CCNC(=NCc1cccc(OCC)c1OC(F)F)NCCN1C(=O)CNC1=O.I. The number of nitrogens with zero attached hydrogens (tertiary/aromatic N) is 2. The number of hydrogen-bond acceptors (Lipinski definition) is 5. The summed E-state index contributed by atoms with van der Waals surface area (Å²) in [5, 5.41) is 8.46. The molecule has 1 saturated heterocycles. The second-order valence-electron chi connectivity index (χ2n) is 5.88. The van der Waals surface area contributed by atoms with Crippen LogP contribution in [0.15, 0.2) is 23.2 Å². The third kappa shape index (κ3) is 7.46. The number of alkyl halides is 2. The average molecular weight is 541 g/mol. The fourth-order valence-corrected chi connectivity index (χ4v) is 2.65. The van der Waals surface area contributed by atoms with Crippen LogP contribution in [0.25, 0.3) is 0 Å². The van der Waals surface area contributed by atoms with Crippen LogP contribution in [0.2, 0.25) is 0 Å². The van der Waals surface area contributed by atoms with E-state index in [1.54, 1.807) is 25.1 Å². The van der Waals surface area contributed by atoms with Crippen molar-refractivity contribution in [2.45, 2.75) is 27.0 Å². The zero-order valence-corrected chi connectivity index (χ0v) is 19.1. The Hall–Kier alpha value is -2.38. The van der Waals surface area contributed by atoms with Gasteiger partial charge >= 0.3 is 12.6 Å². The highest BCUT2D eigenvalue weighted by Crippen LogP contribution is 2.33. The molecule has 1 heterocycles. The third-order valence-corrected chi connectivity index (χ3v) is 3.88. The monoisotopic (exact) mass is 541 g/mol. The predicted octanol–water partition coefficient (Wildman–Crippen LogP) is 1.91. The van der Waals surface area contributed by atoms with E-state index < -0.39 is 12.6 Å². The lowest BCUT2D eigenvalue weighted by atomic mass is 10.2. The molecular weight excluding hydrogens is 515 g/mol. The Balaban J connectivity index is 0.00000450. The van der Waals surface area contributed by atoms with E-state index in [0.717, 1.165) is 4.90 Å². The number of benzene rings is 1. The normalized spacial score (nSPS) is 13.8. The van der Waals surface area contributed by atoms with Crippen molar-refractivity contribution in [1.29, 1.82) is 0 Å². The minimum atomic E-state index is -2.99. The quantitative estimate of drug-likeness (QED) is 0.181. The maximum atomic E-state index is 12.8. The summed E-state index contributed by atoms with van der Waals surface area (Å²) in [6.45, 7) is 2.00. The second kappa shape index (κ2) is 13.0. The summed E-state index contributed by atoms with van der Waals surface area (Å²) in [5.74, 6) is 0.282. The average Bonchev–Trinajstić information content (AvgIpc) is 3.00. The first-order valence-electron chi connectivity index (χ1n) is 9.26. The summed E-state index contributed by atoms with van der Waals surface area (Å²) in [4.78, 5) is 28.6. The van der Waals surface area contributed by atoms with E-state index in [4.69, 9.17) is 4.74 Å². The maximum Gasteiger partial charge on any atom is 0.387 e. The van der Waals surface area contributed by atoms with Crippen LogP contribution in [0.3, 0.4) is 0 Å². The highest BCUT2D eigenvalue weighted by atomic mass is 127. The van der Waals surface area contributed by atoms with Gasteiger partial charge in [-0.05, 0) is 19.9 Å². The molecule has 3 N–H and O–H groups in total. The molecule has 168 valence electrons. The number of rotatable bonds is 10. The van der Waals surface area contributed by atoms with E-state index in [9.17, 15) is 18.4 Å². The van der Waals surface area contributed by atoms with Crippen molar-refractivity contribution in [2.75, 3.05) is 32.8 Å². The number of ether oxygens (including phenoxy) is 2. The lowest BCUT2D eigenvalue weighted by molar-refractivity contribution is -0.124. The summed E-state index contributed by atoms with van der Waals surface area (Å²) >= 11 is 0. The molecule has 0 spiro atoms. The van der Waals surface area contributed by atoms with Gasteiger partial charge in [0.25, 0.3) is 0 Å². The largest absolute Gasteiger partial charge is 0.490 e. The van der Waals surface area contributed by atoms with E-state index >= 15 is 0 Å². The van der Waals surface area contributed by atoms with Gasteiger partial charge in [-0.1, -0.05) is 12.1 Å². The van der Waals surface area contributed by atoms with Crippen molar-refractivity contribution in [3.8, 4) is 11.5 Å². The smallest absolute Gasteiger partial charge is 0.387 e. The molecule has 0 bridgehead atoms. The lowest BCUT2D eigenvalue weighted by Crippen LogP contribution is -2.43. The number of aliphatic imine (C=N–C) groups is 1. The molecule has 2 rings (SSSR count). The van der Waals surface area contributed by atoms with Crippen LogP contribution < -0.4 is 25.4 Å². The number of carbonyl (C=O) groups excluding carboxylic acids is 2. The van der Waals surface area contributed by atoms with Gasteiger partial charge in [0.2, 0.25) is 5.91 Å². The molecule has 3 amide bonds. The van der Waals surface area contributed by atoms with Crippen LogP contribution in [0.1, 0.15) is 19.4 Å². The number of nitrogens with one attached hydrogen (secondary N) is 3. The van der Waals surface area contributed by atoms with Gasteiger partial charge in [0, 0.05) is 25.2 Å². The standard InChI is InChI=1S/C18H25F2N5O4.HI/c1-3-21-17(22-8-9-25-14(26)11-24-18(25)27)23-10-12-6-5-7-13(28-4-2)15(12)29-16(19)20;/h5-7,16H,3-4,8-11H2,1-2H3,(H,24,27)(H2,21,22,23);1H. The summed E-state index contributed by atoms with van der Waals surface area (Å²) < 4.78 is 35.6. The molecule has 1 aliphatic rings. The van der Waals surface area contributed by atoms with Gasteiger partial charge in [-0.3, -0.25) is 9.69 Å². The van der Waals surface area contributed by atoms with Crippen LogP contribution in [-0.4, -0.2) is 62.2 Å². The zero-order chi connectivity index (χ0) is 21.2. The molecule has 0 unspecified atom stereocenters. The molecule has 0 radical (unpaired) electrons. The van der Waals surface area contributed by atoms with E-state index in [2.05, 4.69) is 25.7 Å². The van der Waals surface area contributed by atoms with Crippen LogP contribution in [0, 0.1) is 0 Å². The third-order valence-electron chi connectivity index (χ3n) is 3.88. The molecule has 30 heavy (non-hydrogen) atoms. The Morgan fingerprint density at radius 1 is 1.30 bits per heavy atom. The van der Waals surface area contributed by atoms with Crippen molar-refractivity contribution in [3.05, 3.63) is 23.8 Å². The number of hydrogen-bond donors (Lipinski definition) is 3. The number of imide groups is 1. The second-order valence-corrected chi connectivity index (χ2v) is 5.88. The number of amides is 3. The van der Waals surface area contributed by atoms with Gasteiger partial charge in [-0.15, -0.1) is 24.0 Å². The van der Waals surface area contributed by atoms with Gasteiger partial charge in [-0.2, -0.15) is 8.78 Å². The first-order valence-corrected chi connectivity index (χ1v) is 9.26. The minimum absolute atomic E-state index is 0. The topological polar surface area (TPSA) is 104 Å². The Morgan fingerprint density at radius 3 is 2.67 bits per heavy atom. The maximum absolute atomic E-state index is 12.8.